The maximum absolute atomic E-state index is 14.1. The van der Waals surface area contributed by atoms with Gasteiger partial charge < -0.3 is 16.8 Å². The zero-order valence-corrected chi connectivity index (χ0v) is 12.6. The van der Waals surface area contributed by atoms with Gasteiger partial charge in [-0.05, 0) is 31.4 Å². The van der Waals surface area contributed by atoms with E-state index in [0.717, 1.165) is 12.8 Å². The molecule has 21 heavy (non-hydrogen) atoms. The zero-order valence-electron chi connectivity index (χ0n) is 11.9. The second-order valence-corrected chi connectivity index (χ2v) is 5.51. The lowest BCUT2D eigenvalue weighted by molar-refractivity contribution is 0.623. The molecular weight excluding hydrogens is 289 g/mol. The molecule has 0 spiro atoms. The van der Waals surface area contributed by atoms with E-state index in [1.807, 2.05) is 25.1 Å². The molecule has 0 bridgehead atoms. The molecule has 0 fully saturated rings. The Hall–Kier alpha value is -1.94. The van der Waals surface area contributed by atoms with Gasteiger partial charge in [-0.25, -0.2) is 4.39 Å². The maximum Gasteiger partial charge on any atom is 0.169 e. The maximum atomic E-state index is 14.1. The van der Waals surface area contributed by atoms with Crippen molar-refractivity contribution >= 4 is 28.7 Å². The predicted molar refractivity (Wildman–Crippen MR) is 88.1 cm³/mol. The first kappa shape index (κ1) is 15.4. The number of nitrogen functional groups attached to an aromatic ring is 2. The third-order valence-electron chi connectivity index (χ3n) is 3.36. The minimum atomic E-state index is -0.597. The smallest absolute Gasteiger partial charge is 0.169 e. The second kappa shape index (κ2) is 6.68. The molecule has 0 aliphatic carbocycles. The van der Waals surface area contributed by atoms with E-state index in [1.165, 1.54) is 11.6 Å². The Labute approximate surface area is 129 Å². The zero-order chi connectivity index (χ0) is 15.4. The molecule has 1 unspecified atom stereocenters. The summed E-state index contributed by atoms with van der Waals surface area (Å²) >= 11 is 5.82. The van der Waals surface area contributed by atoms with Crippen LogP contribution in [0.25, 0.3) is 0 Å². The number of hydrogen-bond acceptors (Lipinski definition) is 3. The van der Waals surface area contributed by atoms with Crippen molar-refractivity contribution in [3.63, 3.8) is 0 Å². The summed E-state index contributed by atoms with van der Waals surface area (Å²) in [7, 11) is 0. The van der Waals surface area contributed by atoms with Crippen molar-refractivity contribution in [2.24, 2.45) is 0 Å². The number of halogens is 2. The Morgan fingerprint density at radius 2 is 1.86 bits per heavy atom. The third kappa shape index (κ3) is 3.79. The van der Waals surface area contributed by atoms with Gasteiger partial charge in [-0.1, -0.05) is 41.9 Å². The summed E-state index contributed by atoms with van der Waals surface area (Å²) < 4.78 is 14.1. The fourth-order valence-corrected chi connectivity index (χ4v) is 2.31. The van der Waals surface area contributed by atoms with Crippen LogP contribution >= 0.6 is 11.6 Å². The highest BCUT2D eigenvalue weighted by molar-refractivity contribution is 6.33. The highest BCUT2D eigenvalue weighted by Gasteiger charge is 2.15. The van der Waals surface area contributed by atoms with Crippen molar-refractivity contribution in [2.75, 3.05) is 16.8 Å². The minimum Gasteiger partial charge on any atom is -0.397 e. The van der Waals surface area contributed by atoms with Crippen LogP contribution in [0.2, 0.25) is 5.02 Å². The molecule has 0 saturated heterocycles. The van der Waals surface area contributed by atoms with Crippen LogP contribution in [0.15, 0.2) is 36.4 Å². The number of aryl methyl sites for hydroxylation is 1. The molecule has 2 aromatic rings. The standard InChI is InChI=1S/C16H19ClFN3/c1-10(7-8-11-5-3-2-4-6-11)21-16-13(20)9-12(19)14(17)15(16)18/h2-6,9-10,21H,7-8,19-20H2,1H3. The van der Waals surface area contributed by atoms with E-state index in [4.69, 9.17) is 23.1 Å². The van der Waals surface area contributed by atoms with Crippen LogP contribution in [0.5, 0.6) is 0 Å². The largest absolute Gasteiger partial charge is 0.397 e. The molecule has 0 aliphatic heterocycles. The Morgan fingerprint density at radius 3 is 2.52 bits per heavy atom. The predicted octanol–water partition coefficient (Wildman–Crippen LogP) is 4.08. The molecule has 0 radical (unpaired) electrons. The first-order valence-electron chi connectivity index (χ1n) is 6.82. The van der Waals surface area contributed by atoms with Crippen molar-refractivity contribution in [2.45, 2.75) is 25.8 Å². The van der Waals surface area contributed by atoms with E-state index in [0.29, 0.717) is 0 Å². The number of nitrogens with two attached hydrogens (primary N) is 2. The summed E-state index contributed by atoms with van der Waals surface area (Å²) in [5.41, 5.74) is 13.3. The van der Waals surface area contributed by atoms with Crippen LogP contribution < -0.4 is 16.8 Å². The van der Waals surface area contributed by atoms with Gasteiger partial charge in [-0.2, -0.15) is 0 Å². The molecule has 0 aromatic heterocycles. The Balaban J connectivity index is 2.03. The molecule has 2 aromatic carbocycles. The monoisotopic (exact) mass is 307 g/mol. The van der Waals surface area contributed by atoms with Crippen LogP contribution in [0, 0.1) is 5.82 Å². The van der Waals surface area contributed by atoms with Gasteiger partial charge in [0.2, 0.25) is 0 Å². The molecule has 3 nitrogen and oxygen atoms in total. The van der Waals surface area contributed by atoms with Crippen LogP contribution in [-0.2, 0) is 6.42 Å². The average molecular weight is 308 g/mol. The molecule has 0 heterocycles. The quantitative estimate of drug-likeness (QED) is 0.729. The van der Waals surface area contributed by atoms with Gasteiger partial charge in [0.25, 0.3) is 0 Å². The molecular formula is C16H19ClFN3. The van der Waals surface area contributed by atoms with Gasteiger partial charge in [-0.15, -0.1) is 0 Å². The van der Waals surface area contributed by atoms with E-state index in [2.05, 4.69) is 17.4 Å². The summed E-state index contributed by atoms with van der Waals surface area (Å²) in [4.78, 5) is 0. The molecule has 5 heteroatoms. The van der Waals surface area contributed by atoms with E-state index >= 15 is 0 Å². The summed E-state index contributed by atoms with van der Waals surface area (Å²) in [6.45, 7) is 1.98. The van der Waals surface area contributed by atoms with Gasteiger partial charge in [0.1, 0.15) is 5.02 Å². The van der Waals surface area contributed by atoms with Crippen molar-refractivity contribution in [1.29, 1.82) is 0 Å². The fraction of sp³-hybridized carbons (Fsp3) is 0.250. The Morgan fingerprint density at radius 1 is 1.19 bits per heavy atom. The third-order valence-corrected chi connectivity index (χ3v) is 3.75. The number of anilines is 3. The molecule has 1 atom stereocenters. The minimum absolute atomic E-state index is 0.0571. The van der Waals surface area contributed by atoms with Gasteiger partial charge in [-0.3, -0.25) is 0 Å². The normalized spacial score (nSPS) is 12.1. The lowest BCUT2D eigenvalue weighted by Gasteiger charge is -2.18. The average Bonchev–Trinajstić information content (AvgIpc) is 2.48. The van der Waals surface area contributed by atoms with Gasteiger partial charge in [0, 0.05) is 6.04 Å². The van der Waals surface area contributed by atoms with Crippen molar-refractivity contribution in [3.05, 3.63) is 52.8 Å². The molecule has 5 N–H and O–H groups in total. The topological polar surface area (TPSA) is 64.1 Å². The molecule has 0 aliphatic rings. The van der Waals surface area contributed by atoms with E-state index < -0.39 is 5.82 Å². The molecule has 112 valence electrons. The van der Waals surface area contributed by atoms with Gasteiger partial charge >= 0.3 is 0 Å². The number of benzene rings is 2. The fourth-order valence-electron chi connectivity index (χ4n) is 2.16. The molecule has 2 rings (SSSR count). The lowest BCUT2D eigenvalue weighted by atomic mass is 10.1. The van der Waals surface area contributed by atoms with Crippen molar-refractivity contribution in [3.8, 4) is 0 Å². The van der Waals surface area contributed by atoms with Crippen LogP contribution in [0.4, 0.5) is 21.5 Å². The van der Waals surface area contributed by atoms with Crippen LogP contribution in [0.1, 0.15) is 18.9 Å². The highest BCUT2D eigenvalue weighted by atomic mass is 35.5. The Bertz CT molecular complexity index is 617. The van der Waals surface area contributed by atoms with E-state index in [-0.39, 0.29) is 28.1 Å². The second-order valence-electron chi connectivity index (χ2n) is 5.13. The van der Waals surface area contributed by atoms with Crippen LogP contribution in [0.3, 0.4) is 0 Å². The summed E-state index contributed by atoms with van der Waals surface area (Å²) in [6.07, 6.45) is 1.75. The van der Waals surface area contributed by atoms with E-state index in [9.17, 15) is 4.39 Å². The van der Waals surface area contributed by atoms with Gasteiger partial charge in [0.15, 0.2) is 5.82 Å². The SMILES string of the molecule is CC(CCc1ccccc1)Nc1c(N)cc(N)c(Cl)c1F. The molecule has 0 amide bonds. The summed E-state index contributed by atoms with van der Waals surface area (Å²) in [5.74, 6) is -0.597. The number of nitrogens with one attached hydrogen (secondary N) is 1. The first-order valence-corrected chi connectivity index (χ1v) is 7.20. The highest BCUT2D eigenvalue weighted by Crippen LogP contribution is 2.34. The van der Waals surface area contributed by atoms with Crippen LogP contribution in [-0.4, -0.2) is 6.04 Å². The number of rotatable bonds is 5. The Kier molecular flexibility index (Phi) is 4.91. The first-order chi connectivity index (χ1) is 9.99. The number of hydrogen-bond donors (Lipinski definition) is 3. The van der Waals surface area contributed by atoms with Crippen molar-refractivity contribution < 1.29 is 4.39 Å². The molecule has 0 saturated carbocycles. The summed E-state index contributed by atoms with van der Waals surface area (Å²) in [5, 5.41) is 2.98. The summed E-state index contributed by atoms with van der Waals surface area (Å²) in [6, 6.07) is 11.7. The van der Waals surface area contributed by atoms with E-state index in [1.54, 1.807) is 0 Å². The lowest BCUT2D eigenvalue weighted by Crippen LogP contribution is -2.18. The van der Waals surface area contributed by atoms with Gasteiger partial charge in [0.05, 0.1) is 17.1 Å². The van der Waals surface area contributed by atoms with Crippen molar-refractivity contribution in [1.82, 2.24) is 0 Å².